The van der Waals surface area contributed by atoms with E-state index in [1.54, 1.807) is 7.11 Å². The Morgan fingerprint density at radius 2 is 1.82 bits per heavy atom. The molecule has 1 N–H and O–H groups in total. The van der Waals surface area contributed by atoms with E-state index in [2.05, 4.69) is 30.4 Å². The third-order valence-corrected chi connectivity index (χ3v) is 5.75. The number of hydrogen-bond acceptors (Lipinski definition) is 4. The van der Waals surface area contributed by atoms with Crippen molar-refractivity contribution in [2.24, 2.45) is 0 Å². The second-order valence-corrected chi connectivity index (χ2v) is 8.24. The van der Waals surface area contributed by atoms with Gasteiger partial charge in [0.1, 0.15) is 11.4 Å². The molecule has 0 aliphatic heterocycles. The predicted octanol–water partition coefficient (Wildman–Crippen LogP) is 4.86. The first kappa shape index (κ1) is 22.5. The van der Waals surface area contributed by atoms with Crippen LogP contribution in [0, 0.1) is 13.8 Å². The summed E-state index contributed by atoms with van der Waals surface area (Å²) in [6.07, 6.45) is 2.22. The van der Waals surface area contributed by atoms with Gasteiger partial charge in [0.15, 0.2) is 5.65 Å². The number of ether oxygens (including phenoxy) is 1. The van der Waals surface area contributed by atoms with E-state index in [4.69, 9.17) is 14.8 Å². The summed E-state index contributed by atoms with van der Waals surface area (Å²) < 4.78 is 7.42. The topological polar surface area (TPSA) is 69.0 Å². The molecule has 33 heavy (non-hydrogen) atoms. The number of aryl methyl sites for hydroxylation is 4. The lowest BCUT2D eigenvalue weighted by Gasteiger charge is -2.07. The van der Waals surface area contributed by atoms with Crippen molar-refractivity contribution in [2.45, 2.75) is 39.7 Å². The molecular formula is C27H30N4O2. The van der Waals surface area contributed by atoms with E-state index in [0.29, 0.717) is 19.5 Å². The number of carbonyl (C=O) groups is 1. The Morgan fingerprint density at radius 1 is 1.06 bits per heavy atom. The third-order valence-electron chi connectivity index (χ3n) is 5.75. The van der Waals surface area contributed by atoms with Crippen LogP contribution in [-0.2, 0) is 17.8 Å². The summed E-state index contributed by atoms with van der Waals surface area (Å²) in [5, 5.41) is 8.90. The molecule has 0 spiro atoms. The molecule has 0 radical (unpaired) electrons. The first-order chi connectivity index (χ1) is 16.1. The van der Waals surface area contributed by atoms with Gasteiger partial charge in [-0.1, -0.05) is 42.5 Å². The number of carbonyl (C=O) groups excluding carboxylic acids is 1. The van der Waals surface area contributed by atoms with Gasteiger partial charge < -0.3 is 10.1 Å². The molecule has 0 saturated heterocycles. The molecule has 2 aromatic heterocycles. The Morgan fingerprint density at radius 3 is 2.61 bits per heavy atom. The van der Waals surface area contributed by atoms with Gasteiger partial charge in [0, 0.05) is 24.2 Å². The van der Waals surface area contributed by atoms with Crippen LogP contribution in [0.3, 0.4) is 0 Å². The number of nitrogens with one attached hydrogen (secondary N) is 1. The molecule has 0 unspecified atom stereocenters. The van der Waals surface area contributed by atoms with E-state index >= 15 is 0 Å². The lowest BCUT2D eigenvalue weighted by atomic mass is 10.0. The van der Waals surface area contributed by atoms with Gasteiger partial charge in [-0.2, -0.15) is 5.10 Å². The number of pyridine rings is 1. The monoisotopic (exact) mass is 442 g/mol. The van der Waals surface area contributed by atoms with Gasteiger partial charge in [-0.3, -0.25) is 4.79 Å². The van der Waals surface area contributed by atoms with Crippen molar-refractivity contribution in [2.75, 3.05) is 13.7 Å². The Bertz CT molecular complexity index is 1250. The van der Waals surface area contributed by atoms with Crippen molar-refractivity contribution < 1.29 is 9.53 Å². The molecule has 4 aromatic rings. The summed E-state index contributed by atoms with van der Waals surface area (Å²) in [5.41, 5.74) is 5.87. The van der Waals surface area contributed by atoms with Crippen molar-refractivity contribution in [3.05, 3.63) is 77.5 Å². The first-order valence-corrected chi connectivity index (χ1v) is 11.4. The first-order valence-electron chi connectivity index (χ1n) is 11.4. The normalized spacial score (nSPS) is 11.0. The molecule has 2 heterocycles. The van der Waals surface area contributed by atoms with Gasteiger partial charge in [0.05, 0.1) is 19.0 Å². The minimum atomic E-state index is 0.0231. The van der Waals surface area contributed by atoms with Gasteiger partial charge in [0.25, 0.3) is 0 Å². The zero-order valence-corrected chi connectivity index (χ0v) is 19.5. The van der Waals surface area contributed by atoms with Crippen LogP contribution in [0.5, 0.6) is 5.75 Å². The fourth-order valence-corrected chi connectivity index (χ4v) is 4.16. The number of fused-ring (bicyclic) bond motifs is 1. The van der Waals surface area contributed by atoms with Crippen LogP contribution in [0.15, 0.2) is 60.7 Å². The minimum absolute atomic E-state index is 0.0231. The number of nitrogens with zero attached hydrogens (tertiary/aromatic N) is 3. The molecule has 170 valence electrons. The third kappa shape index (κ3) is 5.22. The molecule has 6 nitrogen and oxygen atoms in total. The van der Waals surface area contributed by atoms with Crippen LogP contribution in [-0.4, -0.2) is 34.3 Å². The molecule has 0 aliphatic rings. The molecule has 0 saturated carbocycles. The Hall–Kier alpha value is -3.67. The SMILES string of the molecule is COc1ccccc1-c1nn(CCC(=O)NCCCc2ccccc2)c2nc(C)cc(C)c12. The van der Waals surface area contributed by atoms with Gasteiger partial charge in [0.2, 0.25) is 5.91 Å². The summed E-state index contributed by atoms with van der Waals surface area (Å²) in [5.74, 6) is 0.787. The van der Waals surface area contributed by atoms with E-state index in [1.165, 1.54) is 5.56 Å². The smallest absolute Gasteiger partial charge is 0.221 e. The van der Waals surface area contributed by atoms with E-state index in [0.717, 1.165) is 52.1 Å². The molecule has 0 bridgehead atoms. The van der Waals surface area contributed by atoms with Crippen molar-refractivity contribution in [1.82, 2.24) is 20.1 Å². The van der Waals surface area contributed by atoms with Crippen LogP contribution >= 0.6 is 0 Å². The van der Waals surface area contributed by atoms with E-state index in [9.17, 15) is 4.79 Å². The van der Waals surface area contributed by atoms with Gasteiger partial charge in [-0.05, 0) is 56.0 Å². The number of hydrogen-bond donors (Lipinski definition) is 1. The molecule has 4 rings (SSSR count). The van der Waals surface area contributed by atoms with Crippen molar-refractivity contribution >= 4 is 16.9 Å². The molecule has 6 heteroatoms. The summed E-state index contributed by atoms with van der Waals surface area (Å²) in [6, 6.07) is 20.2. The number of para-hydroxylation sites is 1. The van der Waals surface area contributed by atoms with E-state index < -0.39 is 0 Å². The Kier molecular flexibility index (Phi) is 7.03. The van der Waals surface area contributed by atoms with Crippen LogP contribution < -0.4 is 10.1 Å². The van der Waals surface area contributed by atoms with E-state index in [-0.39, 0.29) is 5.91 Å². The summed E-state index contributed by atoms with van der Waals surface area (Å²) >= 11 is 0. The van der Waals surface area contributed by atoms with Crippen LogP contribution in [0.1, 0.15) is 29.7 Å². The molecule has 0 aliphatic carbocycles. The Labute approximate surface area is 194 Å². The average Bonchev–Trinajstić information content (AvgIpc) is 3.19. The summed E-state index contributed by atoms with van der Waals surface area (Å²) in [6.45, 7) is 5.18. The van der Waals surface area contributed by atoms with Crippen LogP contribution in [0.4, 0.5) is 0 Å². The number of amides is 1. The van der Waals surface area contributed by atoms with Crippen LogP contribution in [0.2, 0.25) is 0 Å². The standard InChI is InChI=1S/C27H30N4O2/c1-19-18-20(2)29-27-25(19)26(22-13-7-8-14-23(22)33-3)30-31(27)17-15-24(32)28-16-9-12-21-10-5-4-6-11-21/h4-8,10-11,13-14,18H,9,12,15-17H2,1-3H3,(H,28,32). The maximum absolute atomic E-state index is 12.5. The highest BCUT2D eigenvalue weighted by molar-refractivity contribution is 5.95. The van der Waals surface area contributed by atoms with Crippen molar-refractivity contribution in [3.8, 4) is 17.0 Å². The highest BCUT2D eigenvalue weighted by atomic mass is 16.5. The second kappa shape index (κ2) is 10.3. The highest BCUT2D eigenvalue weighted by Gasteiger charge is 2.19. The number of benzene rings is 2. The molecule has 1 amide bonds. The fourth-order valence-electron chi connectivity index (χ4n) is 4.16. The zero-order valence-electron chi connectivity index (χ0n) is 19.5. The predicted molar refractivity (Wildman–Crippen MR) is 131 cm³/mol. The van der Waals surface area contributed by atoms with Crippen molar-refractivity contribution in [1.29, 1.82) is 0 Å². The molecular weight excluding hydrogens is 412 g/mol. The van der Waals surface area contributed by atoms with Gasteiger partial charge >= 0.3 is 0 Å². The Balaban J connectivity index is 1.48. The lowest BCUT2D eigenvalue weighted by Crippen LogP contribution is -2.26. The number of methoxy groups -OCH3 is 1. The minimum Gasteiger partial charge on any atom is -0.496 e. The summed E-state index contributed by atoms with van der Waals surface area (Å²) in [7, 11) is 1.66. The fraction of sp³-hybridized carbons (Fsp3) is 0.296. The van der Waals surface area contributed by atoms with Crippen molar-refractivity contribution in [3.63, 3.8) is 0 Å². The largest absolute Gasteiger partial charge is 0.496 e. The maximum Gasteiger partial charge on any atom is 0.221 e. The lowest BCUT2D eigenvalue weighted by molar-refractivity contribution is -0.121. The molecule has 0 fully saturated rings. The zero-order chi connectivity index (χ0) is 23.2. The quantitative estimate of drug-likeness (QED) is 0.376. The van der Waals surface area contributed by atoms with E-state index in [1.807, 2.05) is 54.1 Å². The molecule has 0 atom stereocenters. The van der Waals surface area contributed by atoms with Gasteiger partial charge in [-0.25, -0.2) is 9.67 Å². The highest BCUT2D eigenvalue weighted by Crippen LogP contribution is 2.35. The van der Waals surface area contributed by atoms with Crippen LogP contribution in [0.25, 0.3) is 22.3 Å². The second-order valence-electron chi connectivity index (χ2n) is 8.24. The maximum atomic E-state index is 12.5. The average molecular weight is 443 g/mol. The molecule has 2 aromatic carbocycles. The number of rotatable bonds is 9. The van der Waals surface area contributed by atoms with Gasteiger partial charge in [-0.15, -0.1) is 0 Å². The summed E-state index contributed by atoms with van der Waals surface area (Å²) in [4.78, 5) is 17.2. The number of aromatic nitrogens is 3.